The molecular formula is C18H21O2P. The topological polar surface area (TPSA) is 18.5 Å². The predicted molar refractivity (Wildman–Crippen MR) is 89.5 cm³/mol. The van der Waals surface area contributed by atoms with E-state index in [4.69, 9.17) is 9.05 Å². The van der Waals surface area contributed by atoms with Crippen LogP contribution in [0.2, 0.25) is 0 Å². The lowest BCUT2D eigenvalue weighted by Gasteiger charge is -2.29. The molecule has 2 atom stereocenters. The van der Waals surface area contributed by atoms with Gasteiger partial charge in [0.15, 0.2) is 0 Å². The summed E-state index contributed by atoms with van der Waals surface area (Å²) in [5.74, 6) is 0.950. The smallest absolute Gasteiger partial charge is 0.231 e. The molecule has 1 aromatic rings. The largest absolute Gasteiger partial charge is 0.447 e. The van der Waals surface area contributed by atoms with Crippen molar-refractivity contribution < 1.29 is 9.05 Å². The van der Waals surface area contributed by atoms with E-state index in [0.29, 0.717) is 0 Å². The highest BCUT2D eigenvalue weighted by Gasteiger charge is 2.26. The Morgan fingerprint density at radius 1 is 1.19 bits per heavy atom. The van der Waals surface area contributed by atoms with Crippen molar-refractivity contribution in [1.82, 2.24) is 0 Å². The van der Waals surface area contributed by atoms with Gasteiger partial charge in [-0.3, -0.25) is 0 Å². The van der Waals surface area contributed by atoms with Crippen molar-refractivity contribution in [2.45, 2.75) is 32.8 Å². The lowest BCUT2D eigenvalue weighted by Crippen LogP contribution is -2.17. The van der Waals surface area contributed by atoms with E-state index in [2.05, 4.69) is 50.3 Å². The monoisotopic (exact) mass is 300 g/mol. The Labute approximate surface area is 128 Å². The van der Waals surface area contributed by atoms with Gasteiger partial charge in [0.05, 0.1) is 0 Å². The lowest BCUT2D eigenvalue weighted by molar-refractivity contribution is 0.283. The minimum atomic E-state index is -0.890. The second-order valence-electron chi connectivity index (χ2n) is 5.35. The number of para-hydroxylation sites is 1. The Balaban J connectivity index is 2.02. The van der Waals surface area contributed by atoms with Gasteiger partial charge in [-0.25, -0.2) is 0 Å². The molecule has 0 spiro atoms. The van der Waals surface area contributed by atoms with Crippen LogP contribution >= 0.6 is 8.38 Å². The SMILES string of the molecule is CCCCP1Oc2ccccc2/C(C)=C2/C=CC=CC2O1. The summed E-state index contributed by atoms with van der Waals surface area (Å²) in [5.41, 5.74) is 3.67. The Kier molecular flexibility index (Phi) is 4.57. The van der Waals surface area contributed by atoms with Crippen molar-refractivity contribution in [3.05, 3.63) is 59.7 Å². The first kappa shape index (κ1) is 14.6. The van der Waals surface area contributed by atoms with Gasteiger partial charge < -0.3 is 9.05 Å². The van der Waals surface area contributed by atoms with Crippen molar-refractivity contribution in [2.24, 2.45) is 0 Å². The van der Waals surface area contributed by atoms with E-state index < -0.39 is 8.38 Å². The fourth-order valence-electron chi connectivity index (χ4n) is 2.61. The van der Waals surface area contributed by atoms with Crippen molar-refractivity contribution in [3.8, 4) is 5.75 Å². The minimum Gasteiger partial charge on any atom is -0.447 e. The summed E-state index contributed by atoms with van der Waals surface area (Å²) in [4.78, 5) is 0. The fraction of sp³-hybridized carbons (Fsp3) is 0.333. The van der Waals surface area contributed by atoms with Crippen LogP contribution in [0.4, 0.5) is 0 Å². The highest BCUT2D eigenvalue weighted by molar-refractivity contribution is 7.47. The summed E-state index contributed by atoms with van der Waals surface area (Å²) >= 11 is 0. The molecule has 0 amide bonds. The number of allylic oxidation sites excluding steroid dienone is 3. The van der Waals surface area contributed by atoms with E-state index in [0.717, 1.165) is 24.8 Å². The van der Waals surface area contributed by atoms with Crippen LogP contribution in [0, 0.1) is 0 Å². The molecule has 2 aliphatic rings. The summed E-state index contributed by atoms with van der Waals surface area (Å²) in [6, 6.07) is 8.28. The van der Waals surface area contributed by atoms with Crippen LogP contribution in [0.25, 0.3) is 5.57 Å². The molecule has 0 saturated heterocycles. The molecular weight excluding hydrogens is 279 g/mol. The van der Waals surface area contributed by atoms with E-state index in [9.17, 15) is 0 Å². The van der Waals surface area contributed by atoms with Gasteiger partial charge in [0.25, 0.3) is 0 Å². The van der Waals surface area contributed by atoms with Gasteiger partial charge >= 0.3 is 0 Å². The molecule has 0 aromatic heterocycles. The van der Waals surface area contributed by atoms with E-state index >= 15 is 0 Å². The molecule has 0 fully saturated rings. The van der Waals surface area contributed by atoms with Crippen molar-refractivity contribution in [3.63, 3.8) is 0 Å². The highest BCUT2D eigenvalue weighted by Crippen LogP contribution is 2.48. The Morgan fingerprint density at radius 2 is 2.05 bits per heavy atom. The molecule has 0 bridgehead atoms. The zero-order valence-corrected chi connectivity index (χ0v) is 13.5. The van der Waals surface area contributed by atoms with E-state index in [-0.39, 0.29) is 6.10 Å². The Morgan fingerprint density at radius 3 is 2.90 bits per heavy atom. The molecule has 0 saturated carbocycles. The summed E-state index contributed by atoms with van der Waals surface area (Å²) in [5, 5.41) is 0. The molecule has 1 heterocycles. The van der Waals surface area contributed by atoms with Crippen LogP contribution < -0.4 is 4.52 Å². The first-order valence-corrected chi connectivity index (χ1v) is 8.93. The minimum absolute atomic E-state index is 0.0197. The third kappa shape index (κ3) is 3.12. The van der Waals surface area contributed by atoms with Crippen LogP contribution in [-0.4, -0.2) is 12.3 Å². The van der Waals surface area contributed by atoms with E-state index in [1.54, 1.807) is 0 Å². The van der Waals surface area contributed by atoms with Crippen molar-refractivity contribution in [2.75, 3.05) is 6.16 Å². The maximum absolute atomic E-state index is 6.27. The van der Waals surface area contributed by atoms with Gasteiger partial charge in [0.1, 0.15) is 11.9 Å². The zero-order chi connectivity index (χ0) is 14.7. The molecule has 1 aliphatic carbocycles. The number of fused-ring (bicyclic) bond motifs is 2. The molecule has 21 heavy (non-hydrogen) atoms. The molecule has 0 radical (unpaired) electrons. The van der Waals surface area contributed by atoms with Gasteiger partial charge in [-0.05, 0) is 30.6 Å². The van der Waals surface area contributed by atoms with Crippen molar-refractivity contribution >= 4 is 13.9 Å². The van der Waals surface area contributed by atoms with Crippen LogP contribution in [0.5, 0.6) is 5.75 Å². The normalized spacial score (nSPS) is 27.3. The first-order valence-electron chi connectivity index (χ1n) is 7.57. The van der Waals surface area contributed by atoms with Gasteiger partial charge in [0, 0.05) is 11.7 Å². The average Bonchev–Trinajstić information content (AvgIpc) is 2.51. The quantitative estimate of drug-likeness (QED) is 0.689. The van der Waals surface area contributed by atoms with E-state index in [1.165, 1.54) is 16.7 Å². The maximum atomic E-state index is 6.27. The number of benzene rings is 1. The lowest BCUT2D eigenvalue weighted by atomic mass is 9.94. The molecule has 110 valence electrons. The number of hydrogen-bond acceptors (Lipinski definition) is 2. The zero-order valence-electron chi connectivity index (χ0n) is 12.6. The summed E-state index contributed by atoms with van der Waals surface area (Å²) in [7, 11) is -0.890. The number of unbranched alkanes of at least 4 members (excludes halogenated alkanes) is 1. The molecule has 3 heteroatoms. The second kappa shape index (κ2) is 6.60. The molecule has 1 aliphatic heterocycles. The molecule has 2 unspecified atom stereocenters. The van der Waals surface area contributed by atoms with Crippen molar-refractivity contribution in [1.29, 1.82) is 0 Å². The van der Waals surface area contributed by atoms with E-state index in [1.807, 2.05) is 12.1 Å². The predicted octanol–water partition coefficient (Wildman–Crippen LogP) is 5.48. The van der Waals surface area contributed by atoms with Crippen LogP contribution in [0.3, 0.4) is 0 Å². The molecule has 1 aromatic carbocycles. The first-order chi connectivity index (χ1) is 10.3. The standard InChI is InChI=1S/C18H21O2P/c1-3-4-13-21-19-17-11-7-5-9-15(17)14(2)16-10-6-8-12-18(16)20-21/h5-12,17H,3-4,13H2,1-2H3/b15-14-. The second-order valence-corrected chi connectivity index (χ2v) is 6.85. The molecule has 3 rings (SSSR count). The van der Waals surface area contributed by atoms with Gasteiger partial charge in [-0.15, -0.1) is 0 Å². The maximum Gasteiger partial charge on any atom is 0.231 e. The third-order valence-electron chi connectivity index (χ3n) is 3.83. The number of rotatable bonds is 3. The van der Waals surface area contributed by atoms with Gasteiger partial charge in [-0.1, -0.05) is 55.8 Å². The average molecular weight is 300 g/mol. The fourth-order valence-corrected chi connectivity index (χ4v) is 4.24. The Hall–Kier alpha value is -1.37. The van der Waals surface area contributed by atoms with Crippen LogP contribution in [0.15, 0.2) is 54.1 Å². The molecule has 0 N–H and O–H groups in total. The summed E-state index contributed by atoms with van der Waals surface area (Å²) < 4.78 is 12.5. The highest BCUT2D eigenvalue weighted by atomic mass is 31.2. The van der Waals surface area contributed by atoms with Crippen LogP contribution in [-0.2, 0) is 4.52 Å². The van der Waals surface area contributed by atoms with Crippen LogP contribution in [0.1, 0.15) is 32.3 Å². The summed E-state index contributed by atoms with van der Waals surface area (Å²) in [6.07, 6.45) is 11.7. The Bertz CT molecular complexity index is 601. The van der Waals surface area contributed by atoms with Gasteiger partial charge in [0.2, 0.25) is 8.38 Å². The van der Waals surface area contributed by atoms with Gasteiger partial charge in [-0.2, -0.15) is 0 Å². The molecule has 2 nitrogen and oxygen atoms in total. The number of hydrogen-bond donors (Lipinski definition) is 0. The summed E-state index contributed by atoms with van der Waals surface area (Å²) in [6.45, 7) is 4.35. The third-order valence-corrected chi connectivity index (χ3v) is 5.37.